The van der Waals surface area contributed by atoms with E-state index in [0.717, 1.165) is 50.0 Å². The third-order valence-electron chi connectivity index (χ3n) is 8.87. The Morgan fingerprint density at radius 3 is 2.71 bits per heavy atom. The van der Waals surface area contributed by atoms with Crippen LogP contribution in [-0.4, -0.2) is 72.6 Å². The van der Waals surface area contributed by atoms with Crippen molar-refractivity contribution < 1.29 is 14.3 Å². The van der Waals surface area contributed by atoms with Crippen LogP contribution in [0.3, 0.4) is 0 Å². The summed E-state index contributed by atoms with van der Waals surface area (Å²) in [5.74, 6) is 0.0328. The van der Waals surface area contributed by atoms with Gasteiger partial charge in [-0.15, -0.1) is 11.3 Å². The fraction of sp³-hybridized carbons (Fsp3) is 0.375. The number of aliphatic hydroxyl groups excluding tert-OH is 1. The number of aromatic nitrogens is 5. The highest BCUT2D eigenvalue weighted by Crippen LogP contribution is 2.39. The van der Waals surface area contributed by atoms with E-state index in [-0.39, 0.29) is 19.6 Å². The molecular weight excluding hydrogens is 636 g/mol. The number of rotatable bonds is 9. The molecule has 0 radical (unpaired) electrons. The highest BCUT2D eigenvalue weighted by atomic mass is 35.5. The van der Waals surface area contributed by atoms with E-state index < -0.39 is 18.1 Å². The van der Waals surface area contributed by atoms with Crippen LogP contribution in [0.2, 0.25) is 10.0 Å². The van der Waals surface area contributed by atoms with Crippen molar-refractivity contribution >= 4 is 56.5 Å². The van der Waals surface area contributed by atoms with Crippen LogP contribution in [0.25, 0.3) is 22.0 Å². The summed E-state index contributed by atoms with van der Waals surface area (Å²) >= 11 is 15.1. The summed E-state index contributed by atoms with van der Waals surface area (Å²) in [6.07, 6.45) is 7.03. The van der Waals surface area contributed by atoms with E-state index in [1.165, 1.54) is 21.6 Å². The van der Waals surface area contributed by atoms with Gasteiger partial charge < -0.3 is 14.6 Å². The fourth-order valence-electron chi connectivity index (χ4n) is 6.34. The van der Waals surface area contributed by atoms with Crippen molar-refractivity contribution in [1.29, 1.82) is 0 Å². The summed E-state index contributed by atoms with van der Waals surface area (Å²) in [7, 11) is 0. The van der Waals surface area contributed by atoms with Gasteiger partial charge in [0, 0.05) is 54.0 Å². The number of aliphatic hydroxyl groups is 1. The predicted octanol–water partition coefficient (Wildman–Crippen LogP) is 6.03. The van der Waals surface area contributed by atoms with Gasteiger partial charge in [0.25, 0.3) is 5.91 Å². The number of thiazole rings is 1. The molecule has 45 heavy (non-hydrogen) atoms. The van der Waals surface area contributed by atoms with Crippen molar-refractivity contribution in [3.05, 3.63) is 81.4 Å². The van der Waals surface area contributed by atoms with Gasteiger partial charge in [0.2, 0.25) is 0 Å². The first-order valence-electron chi connectivity index (χ1n) is 15.1. The van der Waals surface area contributed by atoms with Crippen LogP contribution in [0.5, 0.6) is 0 Å². The van der Waals surface area contributed by atoms with Gasteiger partial charge >= 0.3 is 0 Å². The van der Waals surface area contributed by atoms with Gasteiger partial charge in [-0.25, -0.2) is 14.4 Å². The van der Waals surface area contributed by atoms with Crippen LogP contribution in [0.1, 0.15) is 35.8 Å². The number of halogens is 3. The van der Waals surface area contributed by atoms with Crippen LogP contribution in [0.15, 0.2) is 54.4 Å². The molecule has 9 nitrogen and oxygen atoms in total. The molecule has 2 atom stereocenters. The van der Waals surface area contributed by atoms with E-state index in [2.05, 4.69) is 32.3 Å². The van der Waals surface area contributed by atoms with Gasteiger partial charge in [0.05, 0.1) is 28.6 Å². The lowest BCUT2D eigenvalue weighted by Gasteiger charge is -2.31. The van der Waals surface area contributed by atoms with Gasteiger partial charge in [0.15, 0.2) is 11.2 Å². The summed E-state index contributed by atoms with van der Waals surface area (Å²) in [6, 6.07) is 9.13. The molecular formula is C32H32Cl2FN7O2S. The molecule has 5 heterocycles. The number of benzene rings is 2. The standard InChI is InChI=1S/C32H32Cl2FN7O2S/c33-25-14-23(21-3-1-19(2-4-21)5-9-40-10-6-20(17-43)7-11-40)27(34)28-24(25)16-42(39-28)30(31(44)38-32-36-8-12-45-32)29-26-13-22(35)15-41(26)18-37-29/h1-4,8,12,14,16,18,20,22,30,43H,5-7,9-11,13,15,17H2,(H,36,38,44)/t22-,30-/m1/s1. The third-order valence-corrected chi connectivity index (χ3v) is 10.3. The average molecular weight is 669 g/mol. The summed E-state index contributed by atoms with van der Waals surface area (Å²) in [5.41, 5.74) is 4.43. The molecule has 1 fully saturated rings. The van der Waals surface area contributed by atoms with Crippen molar-refractivity contribution in [3.8, 4) is 11.1 Å². The smallest absolute Gasteiger partial charge is 0.257 e. The number of hydrogen-bond acceptors (Lipinski definition) is 7. The second-order valence-corrected chi connectivity index (χ2v) is 13.4. The number of amides is 1. The molecule has 2 aromatic carbocycles. The van der Waals surface area contributed by atoms with E-state index >= 15 is 0 Å². The predicted molar refractivity (Wildman–Crippen MR) is 175 cm³/mol. The highest BCUT2D eigenvalue weighted by Gasteiger charge is 2.34. The summed E-state index contributed by atoms with van der Waals surface area (Å²) < 4.78 is 17.6. The zero-order valence-corrected chi connectivity index (χ0v) is 26.7. The molecule has 0 unspecified atom stereocenters. The molecule has 2 aliphatic heterocycles. The quantitative estimate of drug-likeness (QED) is 0.199. The summed E-state index contributed by atoms with van der Waals surface area (Å²) in [6.45, 7) is 3.52. The first kappa shape index (κ1) is 30.3. The lowest BCUT2D eigenvalue weighted by Crippen LogP contribution is -2.36. The first-order valence-corrected chi connectivity index (χ1v) is 16.7. The molecule has 2 aliphatic rings. The number of likely N-dealkylation sites (tertiary alicyclic amines) is 1. The molecule has 0 spiro atoms. The molecule has 1 saturated heterocycles. The van der Waals surface area contributed by atoms with Crippen molar-refractivity contribution in [3.63, 3.8) is 0 Å². The molecule has 234 valence electrons. The van der Waals surface area contributed by atoms with Crippen LogP contribution >= 0.6 is 34.5 Å². The van der Waals surface area contributed by atoms with Crippen LogP contribution in [-0.2, 0) is 24.2 Å². The summed E-state index contributed by atoms with van der Waals surface area (Å²) in [4.78, 5) is 24.9. The molecule has 1 amide bonds. The number of carbonyl (C=O) groups excluding carboxylic acids is 1. The minimum atomic E-state index is -1.04. The number of nitrogens with one attached hydrogen (secondary N) is 1. The molecule has 3 aromatic heterocycles. The Morgan fingerprint density at radius 2 is 1.98 bits per heavy atom. The minimum absolute atomic E-state index is 0.168. The second-order valence-electron chi connectivity index (χ2n) is 11.8. The maximum atomic E-state index is 14.3. The molecule has 5 aromatic rings. The topological polar surface area (TPSA) is 101 Å². The van der Waals surface area contributed by atoms with Gasteiger partial charge in [-0.2, -0.15) is 5.10 Å². The zero-order chi connectivity index (χ0) is 31.1. The SMILES string of the molecule is O=C(Nc1nccs1)[C@@H](c1ncn2c1C[C@@H](F)C2)n1cc2c(Cl)cc(-c3ccc(CCN4CCC(CO)CC4)cc3)c(Cl)c2n1. The number of piperidine rings is 1. The number of nitrogens with zero attached hydrogens (tertiary/aromatic N) is 6. The molecule has 0 bridgehead atoms. The monoisotopic (exact) mass is 667 g/mol. The Kier molecular flexibility index (Phi) is 8.62. The highest BCUT2D eigenvalue weighted by molar-refractivity contribution is 7.13. The molecule has 0 aliphatic carbocycles. The van der Waals surface area contributed by atoms with Crippen molar-refractivity contribution in [2.24, 2.45) is 5.92 Å². The maximum Gasteiger partial charge on any atom is 0.257 e. The number of carbonyl (C=O) groups is 1. The number of fused-ring (bicyclic) bond motifs is 2. The van der Waals surface area contributed by atoms with Gasteiger partial charge in [-0.1, -0.05) is 47.5 Å². The Morgan fingerprint density at radius 1 is 1.18 bits per heavy atom. The second kappa shape index (κ2) is 12.8. The lowest BCUT2D eigenvalue weighted by molar-refractivity contribution is -0.118. The molecule has 13 heteroatoms. The van der Waals surface area contributed by atoms with Crippen molar-refractivity contribution in [2.75, 3.05) is 31.6 Å². The van der Waals surface area contributed by atoms with Gasteiger partial charge in [-0.3, -0.25) is 14.8 Å². The number of imidazole rings is 1. The maximum absolute atomic E-state index is 14.3. The van der Waals surface area contributed by atoms with E-state index in [1.54, 1.807) is 28.7 Å². The Bertz CT molecular complexity index is 1820. The number of hydrogen-bond donors (Lipinski definition) is 2. The minimum Gasteiger partial charge on any atom is -0.396 e. The summed E-state index contributed by atoms with van der Waals surface area (Å²) in [5, 5.41) is 20.7. The van der Waals surface area contributed by atoms with Crippen molar-refractivity contribution in [1.82, 2.24) is 29.2 Å². The zero-order valence-electron chi connectivity index (χ0n) is 24.4. The van der Waals surface area contributed by atoms with Crippen LogP contribution in [0, 0.1) is 5.92 Å². The number of alkyl halides is 1. The molecule has 7 rings (SSSR count). The van der Waals surface area contributed by atoms with Gasteiger partial charge in [-0.05, 0) is 55.5 Å². The third kappa shape index (κ3) is 6.12. The van der Waals surface area contributed by atoms with Crippen LogP contribution < -0.4 is 5.32 Å². The molecule has 0 saturated carbocycles. The Hall–Kier alpha value is -3.35. The Labute approximate surface area is 273 Å². The van der Waals surface area contributed by atoms with E-state index in [1.807, 2.05) is 18.2 Å². The largest absolute Gasteiger partial charge is 0.396 e. The van der Waals surface area contributed by atoms with E-state index in [0.29, 0.717) is 43.4 Å². The van der Waals surface area contributed by atoms with Gasteiger partial charge in [0.1, 0.15) is 11.7 Å². The fourth-order valence-corrected chi connectivity index (χ4v) is 7.43. The number of anilines is 1. The molecule has 2 N–H and O–H groups in total. The van der Waals surface area contributed by atoms with Crippen LogP contribution in [0.4, 0.5) is 9.52 Å². The van der Waals surface area contributed by atoms with E-state index in [9.17, 15) is 14.3 Å². The average Bonchev–Trinajstić information content (AvgIpc) is 3.85. The normalized spacial score (nSPS) is 18.0. The van der Waals surface area contributed by atoms with Crippen molar-refractivity contribution in [2.45, 2.75) is 44.4 Å². The Balaban J connectivity index is 1.17. The lowest BCUT2D eigenvalue weighted by atomic mass is 9.97. The van der Waals surface area contributed by atoms with E-state index in [4.69, 9.17) is 28.3 Å². The first-order chi connectivity index (χ1) is 21.9.